The van der Waals surface area contributed by atoms with Gasteiger partial charge in [-0.3, -0.25) is 0 Å². The lowest BCUT2D eigenvalue weighted by molar-refractivity contribution is -0.523. The lowest BCUT2D eigenvalue weighted by Gasteiger charge is -1.52. The van der Waals surface area contributed by atoms with Crippen molar-refractivity contribution in [3.63, 3.8) is 0 Å². The molecule has 0 amide bonds. The van der Waals surface area contributed by atoms with Crippen LogP contribution >= 0.6 is 11.8 Å². The molecule has 2 nitrogen and oxygen atoms in total. The number of halogens is 1. The van der Waals surface area contributed by atoms with Crippen molar-refractivity contribution in [2.75, 3.05) is 0 Å². The summed E-state index contributed by atoms with van der Waals surface area (Å²) in [6.45, 7) is 0. The van der Waals surface area contributed by atoms with Gasteiger partial charge in [-0.1, -0.05) is 4.09 Å². The molecule has 0 atom stereocenters. The molecular weight excluding hydrogens is 101 g/mol. The predicted molar refractivity (Wildman–Crippen MR) is 20.2 cm³/mol. The maximum Gasteiger partial charge on any atom is 0.355 e. The van der Waals surface area contributed by atoms with E-state index < -0.39 is 0 Å². The molecule has 3 heteroatoms. The summed E-state index contributed by atoms with van der Waals surface area (Å²) in [5.41, 5.74) is 0. The van der Waals surface area contributed by atoms with Gasteiger partial charge in [0.1, 0.15) is 0 Å². The largest absolute Gasteiger partial charge is 0.411 e. The number of nitrogens with zero attached hydrogens (tertiary/aromatic N) is 1. The Kier molecular flexibility index (Phi) is 0.801. The molecule has 0 unspecified atom stereocenters. The number of oxazole rings is 1. The van der Waals surface area contributed by atoms with Crippen LogP contribution in [0.3, 0.4) is 0 Å². The first-order chi connectivity index (χ1) is 2.89. The van der Waals surface area contributed by atoms with Crippen molar-refractivity contribution in [1.29, 1.82) is 0 Å². The topological polar surface area (TPSA) is 17.0 Å². The molecule has 0 aliphatic rings. The van der Waals surface area contributed by atoms with E-state index in [1.54, 1.807) is 6.20 Å². The minimum absolute atomic E-state index is 1.31. The minimum Gasteiger partial charge on any atom is -0.411 e. The average Bonchev–Trinajstić information content (AvgIpc) is 1.86. The van der Waals surface area contributed by atoms with Crippen molar-refractivity contribution in [3.05, 3.63) is 18.9 Å². The first kappa shape index (κ1) is 3.68. The molecule has 0 fully saturated rings. The lowest BCUT2D eigenvalue weighted by Crippen LogP contribution is -2.12. The van der Waals surface area contributed by atoms with E-state index in [-0.39, 0.29) is 0 Å². The van der Waals surface area contributed by atoms with Gasteiger partial charge in [-0.2, -0.15) is 0 Å². The van der Waals surface area contributed by atoms with Crippen LogP contribution in [0.5, 0.6) is 0 Å². The van der Waals surface area contributed by atoms with Gasteiger partial charge in [0.2, 0.25) is 6.20 Å². The van der Waals surface area contributed by atoms with E-state index in [9.17, 15) is 0 Å². The van der Waals surface area contributed by atoms with Crippen LogP contribution < -0.4 is 4.09 Å². The van der Waals surface area contributed by atoms with Crippen LogP contribution in [-0.2, 0) is 0 Å². The molecule has 0 saturated heterocycles. The number of hydrogen-bond acceptors (Lipinski definition) is 1. The summed E-state index contributed by atoms with van der Waals surface area (Å²) in [4.78, 5) is 0. The second-order valence-electron chi connectivity index (χ2n) is 0.871. The monoisotopic (exact) mass is 104 g/mol. The molecule has 0 saturated carbocycles. The van der Waals surface area contributed by atoms with Gasteiger partial charge < -0.3 is 4.42 Å². The molecule has 1 aromatic heterocycles. The van der Waals surface area contributed by atoms with E-state index in [1.807, 2.05) is 0 Å². The molecule has 0 radical (unpaired) electrons. The fourth-order valence-electron chi connectivity index (χ4n) is 0.222. The van der Waals surface area contributed by atoms with E-state index in [0.717, 1.165) is 0 Å². The normalized spacial score (nSPS) is 8.83. The standard InChI is InChI=1S/C3H3ClNO/c4-5-1-2-6-3-5/h1-3H/q+1. The Bertz CT molecular complexity index is 114. The molecule has 32 valence electrons. The summed E-state index contributed by atoms with van der Waals surface area (Å²) in [5, 5.41) is 0. The summed E-state index contributed by atoms with van der Waals surface area (Å²) in [7, 11) is 0. The maximum atomic E-state index is 5.28. The SMILES string of the molecule is Cl[n+]1ccoc1. The highest BCUT2D eigenvalue weighted by molar-refractivity contribution is 6.04. The highest BCUT2D eigenvalue weighted by atomic mass is 35.5. The first-order valence-corrected chi connectivity index (χ1v) is 1.83. The van der Waals surface area contributed by atoms with Gasteiger partial charge in [0, 0.05) is 0 Å². The smallest absolute Gasteiger partial charge is 0.355 e. The summed E-state index contributed by atoms with van der Waals surface area (Å²) >= 11 is 5.28. The van der Waals surface area contributed by atoms with Crippen LogP contribution in [-0.4, -0.2) is 0 Å². The Balaban J connectivity index is 3.05. The molecule has 0 aliphatic carbocycles. The molecule has 0 bridgehead atoms. The zero-order valence-corrected chi connectivity index (χ0v) is 3.72. The fourth-order valence-corrected chi connectivity index (χ4v) is 0.314. The first-order valence-electron chi connectivity index (χ1n) is 1.49. The van der Waals surface area contributed by atoms with E-state index in [1.165, 1.54) is 16.7 Å². The maximum absolute atomic E-state index is 5.28. The molecule has 1 heterocycles. The summed E-state index contributed by atoms with van der Waals surface area (Å²) in [5.74, 6) is 0. The van der Waals surface area contributed by atoms with Crippen LogP contribution in [0.4, 0.5) is 0 Å². The van der Waals surface area contributed by atoms with Crippen molar-refractivity contribution < 1.29 is 8.50 Å². The van der Waals surface area contributed by atoms with Gasteiger partial charge >= 0.3 is 6.39 Å². The zero-order valence-electron chi connectivity index (χ0n) is 2.97. The van der Waals surface area contributed by atoms with Gasteiger partial charge in [0.25, 0.3) is 11.8 Å². The van der Waals surface area contributed by atoms with E-state index in [0.29, 0.717) is 0 Å². The van der Waals surface area contributed by atoms with Crippen molar-refractivity contribution >= 4 is 11.8 Å². The highest BCUT2D eigenvalue weighted by Crippen LogP contribution is 1.74. The predicted octanol–water partition coefficient (Wildman–Crippen LogP) is 0.569. The Morgan fingerprint density at radius 1 is 1.67 bits per heavy atom. The Morgan fingerprint density at radius 2 is 2.50 bits per heavy atom. The molecule has 0 spiro atoms. The number of aromatic nitrogens is 1. The van der Waals surface area contributed by atoms with Crippen LogP contribution in [0.15, 0.2) is 23.3 Å². The lowest BCUT2D eigenvalue weighted by atomic mass is 11.0. The molecule has 0 N–H and O–H groups in total. The number of rotatable bonds is 0. The van der Waals surface area contributed by atoms with Gasteiger partial charge in [0.05, 0.1) is 0 Å². The average molecular weight is 105 g/mol. The quantitative estimate of drug-likeness (QED) is 0.470. The van der Waals surface area contributed by atoms with Gasteiger partial charge in [-0.15, -0.1) is 0 Å². The molecular formula is C3H3ClNO+. The van der Waals surface area contributed by atoms with Gasteiger partial charge in [-0.05, 0) is 0 Å². The third-order valence-electron chi connectivity index (χ3n) is 0.443. The second kappa shape index (κ2) is 1.30. The second-order valence-corrected chi connectivity index (χ2v) is 1.26. The van der Waals surface area contributed by atoms with E-state index in [2.05, 4.69) is 4.42 Å². The summed E-state index contributed by atoms with van der Waals surface area (Å²) < 4.78 is 5.85. The molecule has 0 aliphatic heterocycles. The van der Waals surface area contributed by atoms with Crippen molar-refractivity contribution in [1.82, 2.24) is 0 Å². The number of hydrogen-bond donors (Lipinski definition) is 0. The van der Waals surface area contributed by atoms with Gasteiger partial charge in [-0.25, -0.2) is 0 Å². The molecule has 6 heavy (non-hydrogen) atoms. The molecule has 1 rings (SSSR count). The van der Waals surface area contributed by atoms with Crippen LogP contribution in [0.25, 0.3) is 0 Å². The fraction of sp³-hybridized carbons (Fsp3) is 0. The van der Waals surface area contributed by atoms with Crippen molar-refractivity contribution in [3.8, 4) is 0 Å². The third-order valence-corrected chi connectivity index (χ3v) is 0.636. The summed E-state index contributed by atoms with van der Waals surface area (Å²) in [6, 6.07) is 0. The molecule has 0 aromatic carbocycles. The van der Waals surface area contributed by atoms with E-state index in [4.69, 9.17) is 11.8 Å². The minimum atomic E-state index is 1.31. The van der Waals surface area contributed by atoms with Crippen LogP contribution in [0.2, 0.25) is 0 Å². The zero-order chi connectivity index (χ0) is 4.41. The van der Waals surface area contributed by atoms with Crippen molar-refractivity contribution in [2.24, 2.45) is 0 Å². The Labute approximate surface area is 40.1 Å². The highest BCUT2D eigenvalue weighted by Gasteiger charge is 1.88. The van der Waals surface area contributed by atoms with E-state index >= 15 is 0 Å². The van der Waals surface area contributed by atoms with Crippen LogP contribution in [0.1, 0.15) is 0 Å². The third kappa shape index (κ3) is 0.518. The Hall–Kier alpha value is -0.500. The summed E-state index contributed by atoms with van der Waals surface area (Å²) in [6.07, 6.45) is 4.48. The van der Waals surface area contributed by atoms with Crippen LogP contribution in [0, 0.1) is 0 Å². The Morgan fingerprint density at radius 3 is 2.67 bits per heavy atom. The van der Waals surface area contributed by atoms with Gasteiger partial charge in [0.15, 0.2) is 6.26 Å². The molecule has 1 aromatic rings. The van der Waals surface area contributed by atoms with Crippen molar-refractivity contribution in [2.45, 2.75) is 0 Å².